The molecular formula is C9H18IN. The third-order valence-electron chi connectivity index (χ3n) is 1.62. The van der Waals surface area contributed by atoms with E-state index >= 15 is 0 Å². The highest BCUT2D eigenvalue weighted by atomic mass is 127. The molecule has 0 N–H and O–H groups in total. The van der Waals surface area contributed by atoms with Gasteiger partial charge in [0.1, 0.15) is 0 Å². The maximum Gasteiger partial charge on any atom is 0.0198 e. The zero-order valence-electron chi connectivity index (χ0n) is 7.35. The number of rotatable bonds is 7. The predicted octanol–water partition coefficient (Wildman–Crippen LogP) is 3.40. The Kier molecular flexibility index (Phi) is 8.86. The smallest absolute Gasteiger partial charge is 0.0198 e. The van der Waals surface area contributed by atoms with E-state index in [0.717, 1.165) is 0 Å². The van der Waals surface area contributed by atoms with Crippen LogP contribution < -0.4 is 0 Å². The lowest BCUT2D eigenvalue weighted by molar-refractivity contribution is 0.541. The largest absolute Gasteiger partial charge is 0.251 e. The van der Waals surface area contributed by atoms with Gasteiger partial charge in [-0.25, -0.2) is 0 Å². The molecule has 0 heterocycles. The Balaban J connectivity index is 2.85. The molecule has 0 unspecified atom stereocenters. The molecule has 2 heteroatoms. The SMILES string of the molecule is C=CCCCCCCN(C)I. The van der Waals surface area contributed by atoms with E-state index in [2.05, 4.69) is 39.6 Å². The predicted molar refractivity (Wildman–Crippen MR) is 59.9 cm³/mol. The molecule has 0 aromatic heterocycles. The van der Waals surface area contributed by atoms with Crippen LogP contribution in [0.15, 0.2) is 12.7 Å². The van der Waals surface area contributed by atoms with Gasteiger partial charge in [0.25, 0.3) is 0 Å². The Morgan fingerprint density at radius 1 is 1.27 bits per heavy atom. The summed E-state index contributed by atoms with van der Waals surface area (Å²) in [6, 6.07) is 0. The van der Waals surface area contributed by atoms with Gasteiger partial charge in [-0.2, -0.15) is 0 Å². The summed E-state index contributed by atoms with van der Waals surface area (Å²) in [4.78, 5) is 0. The van der Waals surface area contributed by atoms with Gasteiger partial charge in [-0.15, -0.1) is 6.58 Å². The molecule has 1 nitrogen and oxygen atoms in total. The Labute approximate surface area is 84.3 Å². The molecule has 0 atom stereocenters. The van der Waals surface area contributed by atoms with Crippen LogP contribution in [-0.2, 0) is 0 Å². The number of allylic oxidation sites excluding steroid dienone is 1. The van der Waals surface area contributed by atoms with Gasteiger partial charge in [0.2, 0.25) is 0 Å². The van der Waals surface area contributed by atoms with Crippen molar-refractivity contribution in [1.82, 2.24) is 3.11 Å². The van der Waals surface area contributed by atoms with Crippen molar-refractivity contribution in [2.45, 2.75) is 32.1 Å². The third-order valence-corrected chi connectivity index (χ3v) is 2.11. The van der Waals surface area contributed by atoms with Crippen LogP contribution in [0.5, 0.6) is 0 Å². The Morgan fingerprint density at radius 3 is 2.45 bits per heavy atom. The van der Waals surface area contributed by atoms with Crippen LogP contribution in [0, 0.1) is 0 Å². The second-order valence-corrected chi connectivity index (χ2v) is 4.47. The monoisotopic (exact) mass is 267 g/mol. The van der Waals surface area contributed by atoms with Gasteiger partial charge in [-0.05, 0) is 26.3 Å². The lowest BCUT2D eigenvalue weighted by atomic mass is 10.1. The van der Waals surface area contributed by atoms with Crippen molar-refractivity contribution in [3.63, 3.8) is 0 Å². The van der Waals surface area contributed by atoms with Crippen molar-refractivity contribution in [2.24, 2.45) is 0 Å². The summed E-state index contributed by atoms with van der Waals surface area (Å²) in [5.41, 5.74) is 0. The second-order valence-electron chi connectivity index (χ2n) is 2.82. The molecule has 0 saturated carbocycles. The highest BCUT2D eigenvalue weighted by molar-refractivity contribution is 14.1. The van der Waals surface area contributed by atoms with Gasteiger partial charge in [-0.1, -0.05) is 18.9 Å². The summed E-state index contributed by atoms with van der Waals surface area (Å²) in [6.07, 6.45) is 8.55. The van der Waals surface area contributed by atoms with Crippen LogP contribution in [0.4, 0.5) is 0 Å². The summed E-state index contributed by atoms with van der Waals surface area (Å²) in [5.74, 6) is 0. The lowest BCUT2D eigenvalue weighted by Gasteiger charge is -2.05. The quantitative estimate of drug-likeness (QED) is 0.296. The zero-order valence-corrected chi connectivity index (χ0v) is 9.51. The molecule has 0 aliphatic heterocycles. The van der Waals surface area contributed by atoms with Gasteiger partial charge in [0, 0.05) is 29.4 Å². The van der Waals surface area contributed by atoms with Gasteiger partial charge >= 0.3 is 0 Å². The zero-order chi connectivity index (χ0) is 8.53. The fourth-order valence-electron chi connectivity index (χ4n) is 0.972. The van der Waals surface area contributed by atoms with Gasteiger partial charge < -0.3 is 0 Å². The molecule has 0 fully saturated rings. The van der Waals surface area contributed by atoms with Crippen molar-refractivity contribution in [2.75, 3.05) is 13.6 Å². The summed E-state index contributed by atoms with van der Waals surface area (Å²) in [7, 11) is 2.12. The van der Waals surface area contributed by atoms with Gasteiger partial charge in [0.15, 0.2) is 0 Å². The van der Waals surface area contributed by atoms with Gasteiger partial charge in [-0.3, -0.25) is 3.11 Å². The first kappa shape index (κ1) is 11.4. The molecule has 0 aliphatic rings. The van der Waals surface area contributed by atoms with E-state index in [9.17, 15) is 0 Å². The van der Waals surface area contributed by atoms with Crippen LogP contribution in [0.25, 0.3) is 0 Å². The van der Waals surface area contributed by atoms with E-state index in [0.29, 0.717) is 0 Å². The summed E-state index contributed by atoms with van der Waals surface area (Å²) < 4.78 is 2.21. The first-order valence-electron chi connectivity index (χ1n) is 4.25. The standard InChI is InChI=1S/C9H18IN/c1-3-4-5-6-7-8-9-11(2)10/h3H,1,4-9H2,2H3. The van der Waals surface area contributed by atoms with Crippen molar-refractivity contribution in [3.8, 4) is 0 Å². The van der Waals surface area contributed by atoms with Crippen LogP contribution in [0.2, 0.25) is 0 Å². The maximum atomic E-state index is 3.70. The van der Waals surface area contributed by atoms with E-state index in [1.807, 2.05) is 6.08 Å². The fourth-order valence-corrected chi connectivity index (χ4v) is 1.31. The first-order chi connectivity index (χ1) is 5.27. The van der Waals surface area contributed by atoms with Gasteiger partial charge in [0.05, 0.1) is 0 Å². The molecule has 0 amide bonds. The number of unbranched alkanes of at least 4 members (excludes halogenated alkanes) is 4. The van der Waals surface area contributed by atoms with Crippen LogP contribution in [0.1, 0.15) is 32.1 Å². The van der Waals surface area contributed by atoms with E-state index in [4.69, 9.17) is 0 Å². The molecule has 66 valence electrons. The van der Waals surface area contributed by atoms with Crippen molar-refractivity contribution in [1.29, 1.82) is 0 Å². The van der Waals surface area contributed by atoms with E-state index < -0.39 is 0 Å². The van der Waals surface area contributed by atoms with Crippen LogP contribution >= 0.6 is 22.9 Å². The molecule has 0 rings (SSSR count). The minimum Gasteiger partial charge on any atom is -0.251 e. The van der Waals surface area contributed by atoms with Crippen LogP contribution in [-0.4, -0.2) is 16.7 Å². The molecule has 0 aromatic rings. The molecule has 0 aromatic carbocycles. The van der Waals surface area contributed by atoms with Crippen molar-refractivity contribution >= 4 is 22.9 Å². The summed E-state index contributed by atoms with van der Waals surface area (Å²) in [5, 5.41) is 0. The molecule has 0 spiro atoms. The molecular weight excluding hydrogens is 249 g/mol. The fraction of sp³-hybridized carbons (Fsp3) is 0.778. The highest BCUT2D eigenvalue weighted by Gasteiger charge is 1.91. The highest BCUT2D eigenvalue weighted by Crippen LogP contribution is 2.05. The summed E-state index contributed by atoms with van der Waals surface area (Å²) in [6.45, 7) is 4.91. The Hall–Kier alpha value is 0.430. The average molecular weight is 267 g/mol. The lowest BCUT2D eigenvalue weighted by Crippen LogP contribution is -2.04. The second kappa shape index (κ2) is 8.53. The third kappa shape index (κ3) is 10.4. The molecule has 11 heavy (non-hydrogen) atoms. The first-order valence-corrected chi connectivity index (χ1v) is 5.21. The molecule has 0 bridgehead atoms. The van der Waals surface area contributed by atoms with Crippen molar-refractivity contribution < 1.29 is 0 Å². The molecule has 0 radical (unpaired) electrons. The van der Waals surface area contributed by atoms with E-state index in [1.54, 1.807) is 0 Å². The Bertz CT molecular complexity index is 91.6. The van der Waals surface area contributed by atoms with E-state index in [-0.39, 0.29) is 0 Å². The number of nitrogens with zero attached hydrogens (tertiary/aromatic N) is 1. The minimum atomic E-state index is 1.18. The van der Waals surface area contributed by atoms with Crippen LogP contribution in [0.3, 0.4) is 0 Å². The van der Waals surface area contributed by atoms with Crippen molar-refractivity contribution in [3.05, 3.63) is 12.7 Å². The number of hydrogen-bond donors (Lipinski definition) is 0. The molecule has 0 aliphatic carbocycles. The normalized spacial score (nSPS) is 10.5. The number of halogens is 1. The Morgan fingerprint density at radius 2 is 1.91 bits per heavy atom. The summed E-state index contributed by atoms with van der Waals surface area (Å²) >= 11 is 2.33. The maximum absolute atomic E-state index is 3.70. The average Bonchev–Trinajstić information content (AvgIpc) is 1.96. The molecule has 0 saturated heterocycles. The topological polar surface area (TPSA) is 3.24 Å². The number of hydrogen-bond acceptors (Lipinski definition) is 1. The minimum absolute atomic E-state index is 1.18. The van der Waals surface area contributed by atoms with E-state index in [1.165, 1.54) is 38.6 Å².